The second-order valence-electron chi connectivity index (χ2n) is 5.29. The molecule has 1 aliphatic heterocycles. The second kappa shape index (κ2) is 6.58. The molecule has 0 amide bonds. The van der Waals surface area contributed by atoms with Gasteiger partial charge in [0.05, 0.1) is 0 Å². The molecule has 0 aromatic heterocycles. The third-order valence-electron chi connectivity index (χ3n) is 4.18. The van der Waals surface area contributed by atoms with Gasteiger partial charge >= 0.3 is 0 Å². The van der Waals surface area contributed by atoms with Crippen LogP contribution in [0, 0.1) is 5.92 Å². The van der Waals surface area contributed by atoms with Crippen LogP contribution in [0.25, 0.3) is 0 Å². The lowest BCUT2D eigenvalue weighted by Gasteiger charge is -2.26. The highest BCUT2D eigenvalue weighted by atomic mass is 16.2. The summed E-state index contributed by atoms with van der Waals surface area (Å²) in [6.07, 6.45) is 8.92. The van der Waals surface area contributed by atoms with E-state index < -0.39 is 0 Å². The molecule has 2 rings (SSSR count). The van der Waals surface area contributed by atoms with Gasteiger partial charge in [-0.25, -0.2) is 0 Å². The number of aliphatic hydroxyl groups is 1. The molecule has 2 fully saturated rings. The highest BCUT2D eigenvalue weighted by molar-refractivity contribution is 4.93. The Balaban J connectivity index is 1.70. The van der Waals surface area contributed by atoms with E-state index in [2.05, 4.69) is 10.6 Å². The molecule has 0 bridgehead atoms. The van der Waals surface area contributed by atoms with E-state index in [1.54, 1.807) is 0 Å². The summed E-state index contributed by atoms with van der Waals surface area (Å²) in [5.74, 6) is 0.858. The first-order chi connectivity index (χ1) is 7.92. The van der Waals surface area contributed by atoms with Crippen molar-refractivity contribution in [1.82, 2.24) is 10.6 Å². The van der Waals surface area contributed by atoms with Gasteiger partial charge in [0.1, 0.15) is 0 Å². The molecule has 1 aliphatic carbocycles. The van der Waals surface area contributed by atoms with Crippen molar-refractivity contribution in [3.8, 4) is 0 Å². The Labute approximate surface area is 99.0 Å². The smallest absolute Gasteiger partial charge is 0.0431 e. The molecule has 0 aromatic carbocycles. The lowest BCUT2D eigenvalue weighted by atomic mass is 9.93. The van der Waals surface area contributed by atoms with Crippen LogP contribution in [0.5, 0.6) is 0 Å². The average molecular weight is 226 g/mol. The molecule has 3 heteroatoms. The predicted molar refractivity (Wildman–Crippen MR) is 66.5 cm³/mol. The van der Waals surface area contributed by atoms with Crippen LogP contribution >= 0.6 is 0 Å². The third kappa shape index (κ3) is 3.19. The van der Waals surface area contributed by atoms with E-state index in [0.717, 1.165) is 37.4 Å². The molecule has 0 spiro atoms. The highest BCUT2D eigenvalue weighted by Gasteiger charge is 2.34. The second-order valence-corrected chi connectivity index (χ2v) is 5.29. The maximum Gasteiger partial charge on any atom is 0.0431 e. The summed E-state index contributed by atoms with van der Waals surface area (Å²) in [5, 5.41) is 16.1. The Kier molecular flexibility index (Phi) is 5.07. The summed E-state index contributed by atoms with van der Waals surface area (Å²) in [6.45, 7) is 2.63. The van der Waals surface area contributed by atoms with Gasteiger partial charge < -0.3 is 15.7 Å². The van der Waals surface area contributed by atoms with Crippen molar-refractivity contribution in [3.63, 3.8) is 0 Å². The highest BCUT2D eigenvalue weighted by Crippen LogP contribution is 2.31. The van der Waals surface area contributed by atoms with Gasteiger partial charge in [0.15, 0.2) is 0 Å². The van der Waals surface area contributed by atoms with Gasteiger partial charge in [-0.1, -0.05) is 6.42 Å². The van der Waals surface area contributed by atoms with Crippen molar-refractivity contribution in [1.29, 1.82) is 0 Å². The van der Waals surface area contributed by atoms with Crippen LogP contribution in [0.2, 0.25) is 0 Å². The zero-order chi connectivity index (χ0) is 11.2. The molecule has 0 aromatic rings. The van der Waals surface area contributed by atoms with Crippen LogP contribution in [0.1, 0.15) is 44.9 Å². The van der Waals surface area contributed by atoms with E-state index in [9.17, 15) is 0 Å². The fourth-order valence-corrected chi connectivity index (χ4v) is 3.32. The number of hydrogen-bond acceptors (Lipinski definition) is 3. The van der Waals surface area contributed by atoms with E-state index in [0.29, 0.717) is 6.61 Å². The van der Waals surface area contributed by atoms with Gasteiger partial charge in [-0.3, -0.25) is 0 Å². The van der Waals surface area contributed by atoms with Gasteiger partial charge in [-0.05, 0) is 57.5 Å². The molecule has 0 radical (unpaired) electrons. The number of hydrogen-bond donors (Lipinski definition) is 3. The molecule has 3 nitrogen and oxygen atoms in total. The molecule has 94 valence electrons. The molecule has 1 saturated carbocycles. The molecule has 1 heterocycles. The standard InChI is InChI=1S/C13H26N2O/c16-10-2-1-8-14-12-6-3-5-11(12)13-7-4-9-15-13/h11-16H,1-10H2. The van der Waals surface area contributed by atoms with Crippen molar-refractivity contribution in [2.24, 2.45) is 5.92 Å². The molecule has 1 saturated heterocycles. The summed E-state index contributed by atoms with van der Waals surface area (Å²) in [7, 11) is 0. The van der Waals surface area contributed by atoms with Crippen LogP contribution in [-0.4, -0.2) is 36.9 Å². The van der Waals surface area contributed by atoms with E-state index >= 15 is 0 Å². The van der Waals surface area contributed by atoms with Crippen molar-refractivity contribution in [2.45, 2.75) is 57.0 Å². The minimum absolute atomic E-state index is 0.333. The lowest BCUT2D eigenvalue weighted by Crippen LogP contribution is -2.42. The van der Waals surface area contributed by atoms with Crippen molar-refractivity contribution in [2.75, 3.05) is 19.7 Å². The first-order valence-electron chi connectivity index (χ1n) is 6.99. The average Bonchev–Trinajstić information content (AvgIpc) is 2.94. The Morgan fingerprint density at radius 2 is 2.06 bits per heavy atom. The maximum atomic E-state index is 8.75. The lowest BCUT2D eigenvalue weighted by molar-refractivity contribution is 0.277. The van der Waals surface area contributed by atoms with Gasteiger partial charge in [0.2, 0.25) is 0 Å². The summed E-state index contributed by atoms with van der Waals surface area (Å²) in [4.78, 5) is 0. The maximum absolute atomic E-state index is 8.75. The quantitative estimate of drug-likeness (QED) is 0.598. The van der Waals surface area contributed by atoms with E-state index in [-0.39, 0.29) is 0 Å². The summed E-state index contributed by atoms with van der Waals surface area (Å²) >= 11 is 0. The summed E-state index contributed by atoms with van der Waals surface area (Å²) < 4.78 is 0. The fourth-order valence-electron chi connectivity index (χ4n) is 3.32. The normalized spacial score (nSPS) is 34.7. The zero-order valence-electron chi connectivity index (χ0n) is 10.3. The first kappa shape index (κ1) is 12.3. The SMILES string of the molecule is OCCCCNC1CCCC1C1CCCN1. The van der Waals surface area contributed by atoms with Gasteiger partial charge in [0, 0.05) is 18.7 Å². The van der Waals surface area contributed by atoms with Crippen LogP contribution < -0.4 is 10.6 Å². The van der Waals surface area contributed by atoms with Gasteiger partial charge in [0.25, 0.3) is 0 Å². The molecule has 2 aliphatic rings. The molecule has 3 N–H and O–H groups in total. The molecule has 16 heavy (non-hydrogen) atoms. The fraction of sp³-hybridized carbons (Fsp3) is 1.00. The van der Waals surface area contributed by atoms with Crippen molar-refractivity contribution in [3.05, 3.63) is 0 Å². The summed E-state index contributed by atoms with van der Waals surface area (Å²) in [6, 6.07) is 1.51. The van der Waals surface area contributed by atoms with Crippen LogP contribution in [-0.2, 0) is 0 Å². The van der Waals surface area contributed by atoms with Crippen molar-refractivity contribution < 1.29 is 5.11 Å². The first-order valence-corrected chi connectivity index (χ1v) is 6.99. The van der Waals surface area contributed by atoms with Gasteiger partial charge in [-0.2, -0.15) is 0 Å². The van der Waals surface area contributed by atoms with E-state index in [4.69, 9.17) is 5.11 Å². The van der Waals surface area contributed by atoms with Crippen LogP contribution in [0.4, 0.5) is 0 Å². The monoisotopic (exact) mass is 226 g/mol. The zero-order valence-corrected chi connectivity index (χ0v) is 10.3. The van der Waals surface area contributed by atoms with Crippen LogP contribution in [0.15, 0.2) is 0 Å². The van der Waals surface area contributed by atoms with E-state index in [1.165, 1.54) is 38.6 Å². The Hall–Kier alpha value is -0.120. The predicted octanol–water partition coefficient (Wildman–Crippen LogP) is 1.27. The van der Waals surface area contributed by atoms with Gasteiger partial charge in [-0.15, -0.1) is 0 Å². The number of unbranched alkanes of at least 4 members (excludes halogenated alkanes) is 1. The Morgan fingerprint density at radius 1 is 1.12 bits per heavy atom. The largest absolute Gasteiger partial charge is 0.396 e. The molecule has 3 unspecified atom stereocenters. The number of nitrogens with one attached hydrogen (secondary N) is 2. The summed E-state index contributed by atoms with van der Waals surface area (Å²) in [5.41, 5.74) is 0. The Morgan fingerprint density at radius 3 is 2.81 bits per heavy atom. The van der Waals surface area contributed by atoms with E-state index in [1.807, 2.05) is 0 Å². The number of aliphatic hydroxyl groups excluding tert-OH is 1. The molecular weight excluding hydrogens is 200 g/mol. The Bertz CT molecular complexity index is 192. The molecular formula is C13H26N2O. The minimum atomic E-state index is 0.333. The molecule has 3 atom stereocenters. The topological polar surface area (TPSA) is 44.3 Å². The van der Waals surface area contributed by atoms with Crippen LogP contribution in [0.3, 0.4) is 0 Å². The van der Waals surface area contributed by atoms with Crippen molar-refractivity contribution >= 4 is 0 Å². The number of rotatable bonds is 6. The third-order valence-corrected chi connectivity index (χ3v) is 4.18. The minimum Gasteiger partial charge on any atom is -0.396 e.